The first kappa shape index (κ1) is 13.0. The molecule has 0 atom stereocenters. The number of nitrogens with zero attached hydrogens (tertiary/aromatic N) is 1. The molecule has 5 nitrogen and oxygen atoms in total. The molecule has 0 spiro atoms. The summed E-state index contributed by atoms with van der Waals surface area (Å²) >= 11 is 0. The van der Waals surface area contributed by atoms with Crippen molar-refractivity contribution in [1.29, 1.82) is 0 Å². The van der Waals surface area contributed by atoms with Crippen LogP contribution in [0.3, 0.4) is 0 Å². The minimum Gasteiger partial charge on any atom is -0.457 e. The van der Waals surface area contributed by atoms with Crippen molar-refractivity contribution >= 4 is 15.7 Å². The molecule has 1 aliphatic heterocycles. The fourth-order valence-corrected chi connectivity index (χ4v) is 3.35. The van der Waals surface area contributed by atoms with E-state index < -0.39 is 10.0 Å². The first-order valence-corrected chi connectivity index (χ1v) is 7.62. The van der Waals surface area contributed by atoms with Crippen LogP contribution in [-0.2, 0) is 10.0 Å². The number of hydrogen-bond acceptors (Lipinski definition) is 4. The van der Waals surface area contributed by atoms with Gasteiger partial charge in [0.25, 0.3) is 0 Å². The molecular formula is C14H14N2O3S. The fourth-order valence-electron chi connectivity index (χ4n) is 2.06. The zero-order chi connectivity index (χ0) is 14.2. The Hall–Kier alpha value is -2.05. The molecule has 2 aromatic carbocycles. The molecule has 0 bridgehead atoms. The van der Waals surface area contributed by atoms with Crippen molar-refractivity contribution in [3.8, 4) is 11.5 Å². The van der Waals surface area contributed by atoms with Gasteiger partial charge in [0.05, 0.1) is 12.4 Å². The van der Waals surface area contributed by atoms with Gasteiger partial charge in [-0.2, -0.15) is 4.72 Å². The van der Waals surface area contributed by atoms with Crippen LogP contribution in [-0.4, -0.2) is 22.1 Å². The number of benzene rings is 2. The van der Waals surface area contributed by atoms with Crippen molar-refractivity contribution in [1.82, 2.24) is 4.72 Å². The van der Waals surface area contributed by atoms with E-state index in [-0.39, 0.29) is 11.6 Å². The highest BCUT2D eigenvalue weighted by atomic mass is 32.2. The van der Waals surface area contributed by atoms with Crippen LogP contribution in [0.4, 0.5) is 5.69 Å². The number of fused-ring (bicyclic) bond motifs is 1. The van der Waals surface area contributed by atoms with Crippen molar-refractivity contribution in [2.24, 2.45) is 0 Å². The van der Waals surface area contributed by atoms with E-state index in [1.54, 1.807) is 18.2 Å². The predicted molar refractivity (Wildman–Crippen MR) is 76.5 cm³/mol. The van der Waals surface area contributed by atoms with E-state index in [2.05, 4.69) is 4.72 Å². The van der Waals surface area contributed by atoms with Gasteiger partial charge in [0, 0.05) is 13.1 Å². The number of sulfonamides is 1. The smallest absolute Gasteiger partial charge is 0.244 e. The van der Waals surface area contributed by atoms with Gasteiger partial charge in [-0.1, -0.05) is 18.2 Å². The van der Waals surface area contributed by atoms with E-state index >= 15 is 0 Å². The van der Waals surface area contributed by atoms with E-state index in [1.165, 1.54) is 0 Å². The van der Waals surface area contributed by atoms with Crippen LogP contribution in [0, 0.1) is 0 Å². The Morgan fingerprint density at radius 3 is 2.60 bits per heavy atom. The van der Waals surface area contributed by atoms with Crippen LogP contribution >= 0.6 is 0 Å². The van der Waals surface area contributed by atoms with Crippen LogP contribution in [0.15, 0.2) is 53.4 Å². The molecule has 2 aromatic rings. The molecule has 0 fully saturated rings. The van der Waals surface area contributed by atoms with E-state index in [9.17, 15) is 8.42 Å². The molecule has 0 radical (unpaired) electrons. The van der Waals surface area contributed by atoms with Crippen molar-refractivity contribution < 1.29 is 13.2 Å². The molecule has 0 saturated heterocycles. The van der Waals surface area contributed by atoms with Gasteiger partial charge >= 0.3 is 0 Å². The molecular weight excluding hydrogens is 276 g/mol. The Morgan fingerprint density at radius 1 is 1.10 bits per heavy atom. The molecule has 20 heavy (non-hydrogen) atoms. The summed E-state index contributed by atoms with van der Waals surface area (Å²) in [5.41, 5.74) is 0.671. The Bertz CT molecular complexity index is 729. The second-order valence-electron chi connectivity index (χ2n) is 4.55. The summed E-state index contributed by atoms with van der Waals surface area (Å²) in [7, 11) is -1.63. The van der Waals surface area contributed by atoms with Crippen LogP contribution in [0.1, 0.15) is 0 Å². The number of hydrogen-bond donors (Lipinski definition) is 1. The molecule has 0 aromatic heterocycles. The van der Waals surface area contributed by atoms with Gasteiger partial charge in [0.1, 0.15) is 16.4 Å². The lowest BCUT2D eigenvalue weighted by Crippen LogP contribution is -2.40. The van der Waals surface area contributed by atoms with Gasteiger partial charge < -0.3 is 9.64 Å². The van der Waals surface area contributed by atoms with E-state index in [1.807, 2.05) is 42.3 Å². The third-order valence-corrected chi connectivity index (χ3v) is 4.52. The number of ether oxygens (including phenoxy) is 1. The SMILES string of the molecule is CN1CNS(=O)(=O)c2cc(Oc3ccccc3)ccc21. The standard InChI is InChI=1S/C14H14N2O3S/c1-16-10-15-20(17,18)14-9-12(7-8-13(14)16)19-11-5-3-2-4-6-11/h2-9,15H,10H2,1H3. The molecule has 0 amide bonds. The number of nitrogens with one attached hydrogen (secondary N) is 1. The average Bonchev–Trinajstić information content (AvgIpc) is 2.45. The summed E-state index contributed by atoms with van der Waals surface area (Å²) in [6.07, 6.45) is 0. The molecule has 1 N–H and O–H groups in total. The zero-order valence-corrected chi connectivity index (χ0v) is 11.7. The minimum absolute atomic E-state index is 0.236. The molecule has 3 rings (SSSR count). The van der Waals surface area contributed by atoms with Gasteiger partial charge in [-0.3, -0.25) is 0 Å². The van der Waals surface area contributed by atoms with E-state index in [0.29, 0.717) is 17.2 Å². The van der Waals surface area contributed by atoms with Gasteiger partial charge in [0.15, 0.2) is 0 Å². The fraction of sp³-hybridized carbons (Fsp3) is 0.143. The maximum absolute atomic E-state index is 12.0. The van der Waals surface area contributed by atoms with E-state index in [0.717, 1.165) is 0 Å². The second-order valence-corrected chi connectivity index (χ2v) is 6.28. The highest BCUT2D eigenvalue weighted by molar-refractivity contribution is 7.89. The summed E-state index contributed by atoms with van der Waals surface area (Å²) in [5.74, 6) is 1.16. The van der Waals surface area contributed by atoms with E-state index in [4.69, 9.17) is 4.74 Å². The van der Waals surface area contributed by atoms with Crippen LogP contribution in [0.2, 0.25) is 0 Å². The molecule has 1 aliphatic rings. The van der Waals surface area contributed by atoms with Crippen LogP contribution in [0.25, 0.3) is 0 Å². The number of rotatable bonds is 2. The van der Waals surface area contributed by atoms with Crippen LogP contribution in [0.5, 0.6) is 11.5 Å². The third-order valence-electron chi connectivity index (χ3n) is 3.10. The Labute approximate surface area is 117 Å². The normalized spacial score (nSPS) is 16.6. The molecule has 1 heterocycles. The Balaban J connectivity index is 2.00. The second kappa shape index (κ2) is 4.81. The number of anilines is 1. The first-order valence-electron chi connectivity index (χ1n) is 6.14. The summed E-state index contributed by atoms with van der Waals surface area (Å²) in [4.78, 5) is 2.07. The van der Waals surface area contributed by atoms with Gasteiger partial charge in [-0.15, -0.1) is 0 Å². The van der Waals surface area contributed by atoms with Crippen molar-refractivity contribution in [2.75, 3.05) is 18.6 Å². The van der Waals surface area contributed by atoms with Gasteiger partial charge in [-0.05, 0) is 24.3 Å². The molecule has 104 valence electrons. The van der Waals surface area contributed by atoms with Crippen LogP contribution < -0.4 is 14.4 Å². The highest BCUT2D eigenvalue weighted by Crippen LogP contribution is 2.32. The average molecular weight is 290 g/mol. The molecule has 0 unspecified atom stereocenters. The lowest BCUT2D eigenvalue weighted by Gasteiger charge is -2.28. The van der Waals surface area contributed by atoms with Crippen molar-refractivity contribution in [3.63, 3.8) is 0 Å². The highest BCUT2D eigenvalue weighted by Gasteiger charge is 2.26. The van der Waals surface area contributed by atoms with Gasteiger partial charge in [-0.25, -0.2) is 8.42 Å². The quantitative estimate of drug-likeness (QED) is 0.921. The third kappa shape index (κ3) is 2.35. The van der Waals surface area contributed by atoms with Crippen molar-refractivity contribution in [3.05, 3.63) is 48.5 Å². The Kier molecular flexibility index (Phi) is 3.11. The topological polar surface area (TPSA) is 58.6 Å². The lowest BCUT2D eigenvalue weighted by molar-refractivity contribution is 0.480. The monoisotopic (exact) mass is 290 g/mol. The van der Waals surface area contributed by atoms with Gasteiger partial charge in [0.2, 0.25) is 10.0 Å². The lowest BCUT2D eigenvalue weighted by atomic mass is 10.2. The van der Waals surface area contributed by atoms with Crippen molar-refractivity contribution in [2.45, 2.75) is 4.90 Å². The zero-order valence-electron chi connectivity index (χ0n) is 10.9. The predicted octanol–water partition coefficient (Wildman–Crippen LogP) is 2.16. The molecule has 6 heteroatoms. The summed E-state index contributed by atoms with van der Waals surface area (Å²) in [6.45, 7) is 0.272. The molecule has 0 saturated carbocycles. The Morgan fingerprint density at radius 2 is 1.85 bits per heavy atom. The largest absolute Gasteiger partial charge is 0.457 e. The minimum atomic E-state index is -3.46. The maximum Gasteiger partial charge on any atom is 0.244 e. The molecule has 0 aliphatic carbocycles. The maximum atomic E-state index is 12.0. The first-order chi connectivity index (χ1) is 9.56. The summed E-state index contributed by atoms with van der Waals surface area (Å²) < 4.78 is 32.2. The summed E-state index contributed by atoms with van der Waals surface area (Å²) in [5, 5.41) is 0. The number of para-hydroxylation sites is 1. The summed E-state index contributed by atoms with van der Waals surface area (Å²) in [6, 6.07) is 14.3.